The van der Waals surface area contributed by atoms with Crippen molar-refractivity contribution in [2.24, 2.45) is 0 Å². The van der Waals surface area contributed by atoms with E-state index in [9.17, 15) is 19.5 Å². The van der Waals surface area contributed by atoms with Gasteiger partial charge in [-0.15, -0.1) is 11.3 Å². The number of amides is 2. The van der Waals surface area contributed by atoms with Gasteiger partial charge in [0.25, 0.3) is 11.8 Å². The number of thiophene rings is 1. The number of carboxylic acid groups (broad SMARTS) is 1. The summed E-state index contributed by atoms with van der Waals surface area (Å²) in [6.45, 7) is 0.389. The number of benzene rings is 2. The highest BCUT2D eigenvalue weighted by Crippen LogP contribution is 2.35. The highest BCUT2D eigenvalue weighted by Gasteiger charge is 2.20. The Morgan fingerprint density at radius 2 is 1.87 bits per heavy atom. The van der Waals surface area contributed by atoms with Crippen molar-refractivity contribution >= 4 is 56.5 Å². The van der Waals surface area contributed by atoms with Crippen LogP contribution in [0.1, 0.15) is 49.7 Å². The zero-order chi connectivity index (χ0) is 22.4. The molecule has 0 radical (unpaired) electrons. The molecule has 2 amide bonds. The van der Waals surface area contributed by atoms with Gasteiger partial charge >= 0.3 is 5.97 Å². The van der Waals surface area contributed by atoms with Crippen molar-refractivity contribution in [3.8, 4) is 6.07 Å². The molecule has 3 rings (SSSR count). The van der Waals surface area contributed by atoms with Crippen molar-refractivity contribution in [2.45, 2.75) is 19.3 Å². The lowest BCUT2D eigenvalue weighted by atomic mass is 10.1. The molecule has 1 aromatic heterocycles. The number of nitriles is 1. The molecule has 0 aliphatic carbocycles. The van der Waals surface area contributed by atoms with Gasteiger partial charge < -0.3 is 15.7 Å². The van der Waals surface area contributed by atoms with Gasteiger partial charge in [0.1, 0.15) is 4.88 Å². The number of anilines is 1. The lowest BCUT2D eigenvalue weighted by Gasteiger charge is -2.11. The van der Waals surface area contributed by atoms with Gasteiger partial charge in [-0.05, 0) is 37.1 Å². The SMILES string of the molecule is N#CCCCCNC(=O)c1ccc(C(=O)O)c(NC(=O)c2sc3ccccc3c2Cl)c1. The summed E-state index contributed by atoms with van der Waals surface area (Å²) in [6, 6.07) is 13.3. The summed E-state index contributed by atoms with van der Waals surface area (Å²) in [5.41, 5.74) is 0.0716. The van der Waals surface area contributed by atoms with E-state index in [0.29, 0.717) is 30.8 Å². The first-order chi connectivity index (χ1) is 14.9. The van der Waals surface area contributed by atoms with Crippen LogP contribution in [-0.4, -0.2) is 29.4 Å². The maximum absolute atomic E-state index is 12.8. The number of carbonyl (C=O) groups is 3. The minimum atomic E-state index is -1.24. The second-order valence-corrected chi connectivity index (χ2v) is 8.06. The molecule has 0 spiro atoms. The van der Waals surface area contributed by atoms with Gasteiger partial charge in [-0.1, -0.05) is 29.8 Å². The van der Waals surface area contributed by atoms with Gasteiger partial charge in [0.05, 0.1) is 22.3 Å². The molecule has 0 aliphatic rings. The summed E-state index contributed by atoms with van der Waals surface area (Å²) in [6.07, 6.45) is 1.74. The van der Waals surface area contributed by atoms with E-state index in [1.54, 1.807) is 6.07 Å². The first-order valence-corrected chi connectivity index (χ1v) is 10.6. The van der Waals surface area contributed by atoms with Crippen LogP contribution in [0.25, 0.3) is 10.1 Å². The number of aromatic carboxylic acids is 1. The average molecular weight is 456 g/mol. The van der Waals surface area contributed by atoms with Crippen LogP contribution in [-0.2, 0) is 0 Å². The van der Waals surface area contributed by atoms with Crippen LogP contribution in [0, 0.1) is 11.3 Å². The van der Waals surface area contributed by atoms with Crippen molar-refractivity contribution < 1.29 is 19.5 Å². The van der Waals surface area contributed by atoms with E-state index in [0.717, 1.165) is 10.1 Å². The maximum Gasteiger partial charge on any atom is 0.337 e. The van der Waals surface area contributed by atoms with Crippen LogP contribution < -0.4 is 10.6 Å². The van der Waals surface area contributed by atoms with Crippen LogP contribution in [0.3, 0.4) is 0 Å². The molecule has 0 atom stereocenters. The standard InChI is InChI=1S/C22H18ClN3O4S/c23-18-15-6-2-3-7-17(15)31-19(18)21(28)26-16-12-13(8-9-14(16)22(29)30)20(27)25-11-5-1-4-10-24/h2-3,6-9,12H,1,4-5,11H2,(H,25,27)(H,26,28)(H,29,30). The molecule has 0 aliphatic heterocycles. The van der Waals surface area contributed by atoms with E-state index in [1.165, 1.54) is 29.5 Å². The Balaban J connectivity index is 1.81. The van der Waals surface area contributed by atoms with Crippen molar-refractivity contribution in [2.75, 3.05) is 11.9 Å². The molecular formula is C22H18ClN3O4S. The third kappa shape index (κ3) is 5.20. The Kier molecular flexibility index (Phi) is 7.23. The number of nitrogens with zero attached hydrogens (tertiary/aromatic N) is 1. The number of carboxylic acids is 1. The number of hydrogen-bond donors (Lipinski definition) is 3. The molecule has 1 heterocycles. The first kappa shape index (κ1) is 22.3. The van der Waals surface area contributed by atoms with Crippen molar-refractivity contribution in [3.63, 3.8) is 0 Å². The quantitative estimate of drug-likeness (QED) is 0.416. The molecule has 0 bridgehead atoms. The number of unbranched alkanes of at least 4 members (excludes halogenated alkanes) is 2. The summed E-state index contributed by atoms with van der Waals surface area (Å²) in [4.78, 5) is 37.1. The lowest BCUT2D eigenvalue weighted by Crippen LogP contribution is -2.25. The van der Waals surface area contributed by atoms with Crippen LogP contribution in [0.2, 0.25) is 5.02 Å². The summed E-state index contributed by atoms with van der Waals surface area (Å²) >= 11 is 7.54. The predicted octanol–water partition coefficient (Wildman–Crippen LogP) is 4.93. The largest absolute Gasteiger partial charge is 0.478 e. The molecule has 0 saturated heterocycles. The number of fused-ring (bicyclic) bond motifs is 1. The summed E-state index contributed by atoms with van der Waals surface area (Å²) in [7, 11) is 0. The second-order valence-electron chi connectivity index (χ2n) is 6.63. The zero-order valence-electron chi connectivity index (χ0n) is 16.3. The van der Waals surface area contributed by atoms with E-state index >= 15 is 0 Å². The monoisotopic (exact) mass is 455 g/mol. The molecular weight excluding hydrogens is 438 g/mol. The van der Waals surface area contributed by atoms with Gasteiger partial charge in [-0.25, -0.2) is 4.79 Å². The molecule has 0 unspecified atom stereocenters. The lowest BCUT2D eigenvalue weighted by molar-refractivity contribution is 0.0697. The fourth-order valence-corrected chi connectivity index (χ4v) is 4.36. The number of nitrogens with one attached hydrogen (secondary N) is 2. The molecule has 7 nitrogen and oxygen atoms in total. The Morgan fingerprint density at radius 3 is 2.58 bits per heavy atom. The topological polar surface area (TPSA) is 119 Å². The van der Waals surface area contributed by atoms with E-state index in [4.69, 9.17) is 16.9 Å². The fourth-order valence-electron chi connectivity index (χ4n) is 2.95. The smallest absolute Gasteiger partial charge is 0.337 e. The molecule has 9 heteroatoms. The van der Waals surface area contributed by atoms with E-state index < -0.39 is 17.8 Å². The van der Waals surface area contributed by atoms with Crippen LogP contribution >= 0.6 is 22.9 Å². The van der Waals surface area contributed by atoms with Crippen LogP contribution in [0.4, 0.5) is 5.69 Å². The number of carbonyl (C=O) groups excluding carboxylic acids is 2. The molecule has 0 saturated carbocycles. The maximum atomic E-state index is 12.8. The number of rotatable bonds is 8. The highest BCUT2D eigenvalue weighted by atomic mass is 35.5. The van der Waals surface area contributed by atoms with Gasteiger partial charge in [-0.2, -0.15) is 5.26 Å². The normalized spacial score (nSPS) is 10.5. The van der Waals surface area contributed by atoms with Gasteiger partial charge in [0.2, 0.25) is 0 Å². The molecule has 31 heavy (non-hydrogen) atoms. The zero-order valence-corrected chi connectivity index (χ0v) is 17.8. The molecule has 3 aromatic rings. The summed E-state index contributed by atoms with van der Waals surface area (Å²) in [5, 5.41) is 24.3. The van der Waals surface area contributed by atoms with E-state index in [2.05, 4.69) is 10.6 Å². The molecule has 2 aromatic carbocycles. The molecule has 158 valence electrons. The Hall–Kier alpha value is -3.41. The van der Waals surface area contributed by atoms with Crippen molar-refractivity contribution in [1.29, 1.82) is 5.26 Å². The second kappa shape index (κ2) is 10.1. The average Bonchev–Trinajstić information content (AvgIpc) is 3.10. The fraction of sp³-hybridized carbons (Fsp3) is 0.182. The molecule has 0 fully saturated rings. The number of halogens is 1. The minimum Gasteiger partial charge on any atom is -0.478 e. The highest BCUT2D eigenvalue weighted by molar-refractivity contribution is 7.21. The molecule has 3 N–H and O–H groups in total. The summed E-state index contributed by atoms with van der Waals surface area (Å²) in [5.74, 6) is -2.19. The third-order valence-electron chi connectivity index (χ3n) is 4.50. The van der Waals surface area contributed by atoms with Crippen molar-refractivity contribution in [1.82, 2.24) is 5.32 Å². The Labute approximate surface area is 187 Å². The predicted molar refractivity (Wildman–Crippen MR) is 120 cm³/mol. The van der Waals surface area contributed by atoms with E-state index in [1.807, 2.05) is 24.3 Å². The Bertz CT molecular complexity index is 1200. The van der Waals surface area contributed by atoms with E-state index in [-0.39, 0.29) is 21.7 Å². The van der Waals surface area contributed by atoms with Crippen LogP contribution in [0.5, 0.6) is 0 Å². The number of hydrogen-bond acceptors (Lipinski definition) is 5. The Morgan fingerprint density at radius 1 is 1.10 bits per heavy atom. The summed E-state index contributed by atoms with van der Waals surface area (Å²) < 4.78 is 0.834. The van der Waals surface area contributed by atoms with Gasteiger partial charge in [0, 0.05) is 28.6 Å². The van der Waals surface area contributed by atoms with Gasteiger partial charge in [0.15, 0.2) is 0 Å². The minimum absolute atomic E-state index is 0.00292. The van der Waals surface area contributed by atoms with Gasteiger partial charge in [-0.3, -0.25) is 9.59 Å². The first-order valence-electron chi connectivity index (χ1n) is 9.43. The van der Waals surface area contributed by atoms with Crippen molar-refractivity contribution in [3.05, 3.63) is 63.5 Å². The third-order valence-corrected chi connectivity index (χ3v) is 6.18. The van der Waals surface area contributed by atoms with Crippen LogP contribution in [0.15, 0.2) is 42.5 Å².